The second kappa shape index (κ2) is 4.95. The lowest BCUT2D eigenvalue weighted by Crippen LogP contribution is -2.27. The Bertz CT molecular complexity index is 661. The highest BCUT2D eigenvalue weighted by Crippen LogP contribution is 2.44. The Morgan fingerprint density at radius 3 is 2.80 bits per heavy atom. The number of rotatable bonds is 2. The number of nitrogens with two attached hydrogens (primary N) is 1. The fourth-order valence-electron chi connectivity index (χ4n) is 2.98. The van der Waals surface area contributed by atoms with Crippen LogP contribution in [0.5, 0.6) is 0 Å². The normalized spacial score (nSPS) is 24.7. The second-order valence-electron chi connectivity index (χ2n) is 5.34. The average Bonchev–Trinajstić information content (AvgIpc) is 2.66. The Hall–Kier alpha value is -1.23. The number of aliphatic hydroxyl groups is 1. The number of benzene rings is 2. The first-order valence-corrected chi connectivity index (χ1v) is 7.30. The summed E-state index contributed by atoms with van der Waals surface area (Å²) in [4.78, 5) is 0. The molecule has 2 aromatic rings. The highest BCUT2D eigenvalue weighted by Gasteiger charge is 2.41. The van der Waals surface area contributed by atoms with Gasteiger partial charge in [-0.05, 0) is 35.2 Å². The molecule has 1 aliphatic carbocycles. The lowest BCUT2D eigenvalue weighted by Gasteiger charge is -2.24. The van der Waals surface area contributed by atoms with E-state index < -0.39 is 5.60 Å². The molecule has 2 nitrogen and oxygen atoms in total. The smallest absolute Gasteiger partial charge is 0.127 e. The fourth-order valence-corrected chi connectivity index (χ4v) is 3.31. The largest absolute Gasteiger partial charge is 0.385 e. The predicted octanol–water partition coefficient (Wildman–Crippen LogP) is 3.42. The molecule has 3 rings (SSSR count). The summed E-state index contributed by atoms with van der Waals surface area (Å²) in [5.74, 6) is -0.314. The van der Waals surface area contributed by atoms with Crippen molar-refractivity contribution in [3.63, 3.8) is 0 Å². The van der Waals surface area contributed by atoms with Crippen molar-refractivity contribution < 1.29 is 9.50 Å². The van der Waals surface area contributed by atoms with Gasteiger partial charge in [0.1, 0.15) is 5.82 Å². The molecule has 0 radical (unpaired) electrons. The minimum Gasteiger partial charge on any atom is -0.385 e. The van der Waals surface area contributed by atoms with Crippen molar-refractivity contribution in [2.75, 3.05) is 0 Å². The van der Waals surface area contributed by atoms with Crippen LogP contribution in [0.4, 0.5) is 4.39 Å². The number of hydrogen-bond acceptors (Lipinski definition) is 2. The zero-order valence-electron chi connectivity index (χ0n) is 10.8. The van der Waals surface area contributed by atoms with E-state index in [0.29, 0.717) is 16.5 Å². The summed E-state index contributed by atoms with van der Waals surface area (Å²) >= 11 is 3.24. The van der Waals surface area contributed by atoms with Gasteiger partial charge in [-0.25, -0.2) is 4.39 Å². The van der Waals surface area contributed by atoms with Crippen molar-refractivity contribution in [3.05, 3.63) is 69.4 Å². The minimum atomic E-state index is -1.09. The van der Waals surface area contributed by atoms with Crippen molar-refractivity contribution in [1.82, 2.24) is 0 Å². The summed E-state index contributed by atoms with van der Waals surface area (Å²) in [6.45, 7) is 0. The molecule has 20 heavy (non-hydrogen) atoms. The van der Waals surface area contributed by atoms with Gasteiger partial charge in [0.05, 0.1) is 5.60 Å². The molecule has 2 aromatic carbocycles. The first-order valence-electron chi connectivity index (χ1n) is 6.51. The summed E-state index contributed by atoms with van der Waals surface area (Å²) in [5, 5.41) is 10.9. The molecule has 0 spiro atoms. The quantitative estimate of drug-likeness (QED) is 0.883. The maximum Gasteiger partial charge on any atom is 0.127 e. The Morgan fingerprint density at radius 2 is 2.05 bits per heavy atom. The van der Waals surface area contributed by atoms with E-state index >= 15 is 0 Å². The molecule has 0 saturated heterocycles. The summed E-state index contributed by atoms with van der Waals surface area (Å²) in [6.07, 6.45) is 0.651. The van der Waals surface area contributed by atoms with Crippen LogP contribution in [0.2, 0.25) is 0 Å². The lowest BCUT2D eigenvalue weighted by molar-refractivity contribution is 0.0333. The van der Waals surface area contributed by atoms with Crippen LogP contribution in [0.3, 0.4) is 0 Å². The maximum atomic E-state index is 14.0. The van der Waals surface area contributed by atoms with Crippen molar-refractivity contribution in [2.45, 2.75) is 24.5 Å². The Balaban J connectivity index is 1.98. The van der Waals surface area contributed by atoms with Crippen LogP contribution in [-0.2, 0) is 12.0 Å². The van der Waals surface area contributed by atoms with Crippen LogP contribution < -0.4 is 5.73 Å². The zero-order valence-corrected chi connectivity index (χ0v) is 12.4. The molecular formula is C16H15BrFNO. The summed E-state index contributed by atoms with van der Waals surface area (Å²) < 4.78 is 14.7. The monoisotopic (exact) mass is 335 g/mol. The fraction of sp³-hybridized carbons (Fsp3) is 0.250. The number of halogens is 2. The summed E-state index contributed by atoms with van der Waals surface area (Å²) in [5.41, 5.74) is 7.25. The van der Waals surface area contributed by atoms with E-state index in [4.69, 9.17) is 5.73 Å². The van der Waals surface area contributed by atoms with E-state index in [-0.39, 0.29) is 18.3 Å². The van der Waals surface area contributed by atoms with Crippen LogP contribution >= 0.6 is 15.9 Å². The standard InChI is InChI=1S/C16H15BrFNO/c17-11-6-5-10(14(18)7-11)8-16(20)9-15(19)12-3-1-2-4-13(12)16/h1-7,15,20H,8-9,19H2. The van der Waals surface area contributed by atoms with E-state index in [2.05, 4.69) is 15.9 Å². The third-order valence-corrected chi connectivity index (χ3v) is 4.41. The lowest BCUT2D eigenvalue weighted by atomic mass is 9.88. The molecular weight excluding hydrogens is 321 g/mol. The first-order chi connectivity index (χ1) is 9.49. The molecule has 2 unspecified atom stereocenters. The van der Waals surface area contributed by atoms with E-state index in [1.54, 1.807) is 12.1 Å². The van der Waals surface area contributed by atoms with Gasteiger partial charge in [-0.3, -0.25) is 0 Å². The van der Waals surface area contributed by atoms with Gasteiger partial charge >= 0.3 is 0 Å². The molecule has 0 amide bonds. The SMILES string of the molecule is NC1CC(O)(Cc2ccc(Br)cc2F)c2ccccc21. The van der Waals surface area contributed by atoms with E-state index in [9.17, 15) is 9.50 Å². The zero-order chi connectivity index (χ0) is 14.3. The Labute approximate surface area is 125 Å². The van der Waals surface area contributed by atoms with Crippen LogP contribution in [0.15, 0.2) is 46.9 Å². The van der Waals surface area contributed by atoms with E-state index in [1.807, 2.05) is 24.3 Å². The Kier molecular flexibility index (Phi) is 3.40. The van der Waals surface area contributed by atoms with Crippen molar-refractivity contribution in [2.24, 2.45) is 5.73 Å². The third kappa shape index (κ3) is 2.28. The summed E-state index contributed by atoms with van der Waals surface area (Å²) in [6, 6.07) is 12.3. The maximum absolute atomic E-state index is 14.0. The predicted molar refractivity (Wildman–Crippen MR) is 79.7 cm³/mol. The molecule has 2 atom stereocenters. The molecule has 0 saturated carbocycles. The van der Waals surface area contributed by atoms with Crippen molar-refractivity contribution in [1.29, 1.82) is 0 Å². The highest BCUT2D eigenvalue weighted by molar-refractivity contribution is 9.10. The molecule has 0 bridgehead atoms. The third-order valence-electron chi connectivity index (χ3n) is 3.92. The number of hydrogen-bond donors (Lipinski definition) is 2. The van der Waals surface area contributed by atoms with Gasteiger partial charge in [-0.15, -0.1) is 0 Å². The van der Waals surface area contributed by atoms with Gasteiger partial charge in [0.15, 0.2) is 0 Å². The van der Waals surface area contributed by atoms with Gasteiger partial charge in [0.2, 0.25) is 0 Å². The van der Waals surface area contributed by atoms with Gasteiger partial charge in [0, 0.05) is 16.9 Å². The van der Waals surface area contributed by atoms with Crippen LogP contribution in [-0.4, -0.2) is 5.11 Å². The second-order valence-corrected chi connectivity index (χ2v) is 6.26. The van der Waals surface area contributed by atoms with Crippen LogP contribution in [0.1, 0.15) is 29.2 Å². The minimum absolute atomic E-state index is 0.199. The van der Waals surface area contributed by atoms with E-state index in [0.717, 1.165) is 11.1 Å². The van der Waals surface area contributed by atoms with Crippen LogP contribution in [0, 0.1) is 5.82 Å². The average molecular weight is 336 g/mol. The topological polar surface area (TPSA) is 46.2 Å². The molecule has 0 aliphatic heterocycles. The summed E-state index contributed by atoms with van der Waals surface area (Å²) in [7, 11) is 0. The van der Waals surface area contributed by atoms with Gasteiger partial charge in [0.25, 0.3) is 0 Å². The van der Waals surface area contributed by atoms with Gasteiger partial charge in [-0.2, -0.15) is 0 Å². The molecule has 0 aromatic heterocycles. The van der Waals surface area contributed by atoms with Crippen molar-refractivity contribution in [3.8, 4) is 0 Å². The molecule has 0 fully saturated rings. The van der Waals surface area contributed by atoms with Crippen molar-refractivity contribution >= 4 is 15.9 Å². The molecule has 1 aliphatic rings. The van der Waals surface area contributed by atoms with Gasteiger partial charge in [-0.1, -0.05) is 46.3 Å². The molecule has 104 valence electrons. The first kappa shape index (κ1) is 13.7. The Morgan fingerprint density at radius 1 is 1.30 bits per heavy atom. The highest BCUT2D eigenvalue weighted by atomic mass is 79.9. The van der Waals surface area contributed by atoms with Crippen LogP contribution in [0.25, 0.3) is 0 Å². The van der Waals surface area contributed by atoms with Gasteiger partial charge < -0.3 is 10.8 Å². The van der Waals surface area contributed by atoms with E-state index in [1.165, 1.54) is 6.07 Å². The molecule has 4 heteroatoms. The molecule has 3 N–H and O–H groups in total. The molecule has 0 heterocycles. The number of fused-ring (bicyclic) bond motifs is 1.